The number of nitrogens with one attached hydrogen (secondary N) is 2. The zero-order valence-corrected chi connectivity index (χ0v) is 20.4. The van der Waals surface area contributed by atoms with Gasteiger partial charge in [-0.15, -0.1) is 0 Å². The molecule has 6 rings (SSSR count). The summed E-state index contributed by atoms with van der Waals surface area (Å²) >= 11 is 0. The lowest BCUT2D eigenvalue weighted by Crippen LogP contribution is -2.46. The first-order valence-corrected chi connectivity index (χ1v) is 11.7. The van der Waals surface area contributed by atoms with Gasteiger partial charge in [-0.1, -0.05) is 11.2 Å². The highest BCUT2D eigenvalue weighted by atomic mass is 16.5. The van der Waals surface area contributed by atoms with Gasteiger partial charge in [0.2, 0.25) is 17.7 Å². The van der Waals surface area contributed by atoms with Gasteiger partial charge in [-0.2, -0.15) is 0 Å². The number of aryl methyl sites for hydroxylation is 1. The topological polar surface area (TPSA) is 140 Å². The van der Waals surface area contributed by atoms with Crippen LogP contribution in [0.4, 0.5) is 11.7 Å². The van der Waals surface area contributed by atoms with Crippen molar-refractivity contribution in [2.45, 2.75) is 32.2 Å². The van der Waals surface area contributed by atoms with E-state index in [1.54, 1.807) is 35.2 Å². The molecule has 188 valence electrons. The average Bonchev–Trinajstić information content (AvgIpc) is 3.61. The number of aromatic nitrogens is 2. The van der Waals surface area contributed by atoms with Gasteiger partial charge in [0.25, 0.3) is 5.91 Å². The lowest BCUT2D eigenvalue weighted by molar-refractivity contribution is -0.127. The Morgan fingerprint density at radius 3 is 2.70 bits per heavy atom. The molecule has 0 unspecified atom stereocenters. The highest BCUT2D eigenvalue weighted by Gasteiger charge is 2.53. The molecule has 2 aliphatic heterocycles. The van der Waals surface area contributed by atoms with E-state index in [1.807, 2.05) is 19.9 Å². The smallest absolute Gasteiger partial charge is 0.254 e. The van der Waals surface area contributed by atoms with Crippen molar-refractivity contribution in [2.75, 3.05) is 19.0 Å². The van der Waals surface area contributed by atoms with Crippen LogP contribution in [0.3, 0.4) is 0 Å². The third kappa shape index (κ3) is 3.62. The predicted octanol–water partition coefficient (Wildman–Crippen LogP) is 3.13. The van der Waals surface area contributed by atoms with Crippen LogP contribution in [0.5, 0.6) is 5.75 Å². The zero-order valence-electron chi connectivity index (χ0n) is 20.4. The Morgan fingerprint density at radius 1 is 1.16 bits per heavy atom. The maximum Gasteiger partial charge on any atom is 0.254 e. The van der Waals surface area contributed by atoms with E-state index in [-0.39, 0.29) is 24.6 Å². The Kier molecular flexibility index (Phi) is 5.04. The fourth-order valence-electron chi connectivity index (χ4n) is 4.85. The van der Waals surface area contributed by atoms with Gasteiger partial charge in [-0.3, -0.25) is 19.7 Å². The van der Waals surface area contributed by atoms with Crippen molar-refractivity contribution < 1.29 is 28.1 Å². The molecule has 3 aromatic heterocycles. The second-order valence-electron chi connectivity index (χ2n) is 9.36. The third-order valence-electron chi connectivity index (χ3n) is 7.05. The molecule has 0 radical (unpaired) electrons. The van der Waals surface area contributed by atoms with Crippen LogP contribution in [0, 0.1) is 13.8 Å². The van der Waals surface area contributed by atoms with Crippen LogP contribution in [0.2, 0.25) is 0 Å². The first kappa shape index (κ1) is 22.8. The monoisotopic (exact) mass is 501 g/mol. The minimum absolute atomic E-state index is 0.0259. The molecule has 2 aliphatic rings. The Hall–Kier alpha value is -4.67. The third-order valence-corrected chi connectivity index (χ3v) is 7.05. The summed E-state index contributed by atoms with van der Waals surface area (Å²) in [5.41, 5.74) is 2.52. The fraction of sp³-hybridized carbons (Fsp3) is 0.269. The standard InChI is InChI=1S/C26H23N5O6/c1-13-14(2)30-37-23(13)28-21-7-6-19-18(27-21)9-20(36-19)26(10-22(32)29-25(26)34)12-31-11-15-4-5-16(35-3)8-17(15)24(31)33/h4-9H,10-12H2,1-3H3,(H,27,28)(H,29,32,34)/t26-/m1/s1. The van der Waals surface area contributed by atoms with Crippen molar-refractivity contribution in [1.29, 1.82) is 0 Å². The van der Waals surface area contributed by atoms with Gasteiger partial charge in [-0.25, -0.2) is 4.98 Å². The summed E-state index contributed by atoms with van der Waals surface area (Å²) in [6.07, 6.45) is -0.142. The molecular weight excluding hydrogens is 478 g/mol. The van der Waals surface area contributed by atoms with E-state index in [0.29, 0.717) is 40.7 Å². The van der Waals surface area contributed by atoms with Crippen molar-refractivity contribution in [3.63, 3.8) is 0 Å². The summed E-state index contributed by atoms with van der Waals surface area (Å²) in [5, 5.41) is 9.41. The lowest BCUT2D eigenvalue weighted by atomic mass is 9.82. The van der Waals surface area contributed by atoms with Crippen molar-refractivity contribution in [1.82, 2.24) is 20.4 Å². The van der Waals surface area contributed by atoms with Gasteiger partial charge >= 0.3 is 0 Å². The number of imide groups is 1. The SMILES string of the molecule is COc1ccc2c(c1)C(=O)N(C[C@@]1(c3cc4nc(Nc5onc(C)c5C)ccc4o3)CC(=O)NC1=O)C2. The van der Waals surface area contributed by atoms with Gasteiger partial charge in [0.15, 0.2) is 5.58 Å². The first-order valence-electron chi connectivity index (χ1n) is 11.7. The molecule has 3 amide bonds. The van der Waals surface area contributed by atoms with Crippen LogP contribution in [0.15, 0.2) is 45.3 Å². The van der Waals surface area contributed by atoms with Gasteiger partial charge < -0.3 is 23.9 Å². The van der Waals surface area contributed by atoms with E-state index in [0.717, 1.165) is 16.8 Å². The zero-order chi connectivity index (χ0) is 25.9. The van der Waals surface area contributed by atoms with E-state index in [4.69, 9.17) is 13.7 Å². The maximum atomic E-state index is 13.2. The lowest BCUT2D eigenvalue weighted by Gasteiger charge is -2.28. The number of ether oxygens (including phenoxy) is 1. The summed E-state index contributed by atoms with van der Waals surface area (Å²) in [5.74, 6) is 0.642. The van der Waals surface area contributed by atoms with Crippen LogP contribution in [0.1, 0.15) is 39.4 Å². The number of methoxy groups -OCH3 is 1. The van der Waals surface area contributed by atoms with E-state index < -0.39 is 17.2 Å². The molecule has 1 fully saturated rings. The molecule has 1 aromatic carbocycles. The van der Waals surface area contributed by atoms with Crippen LogP contribution >= 0.6 is 0 Å². The molecule has 11 heteroatoms. The van der Waals surface area contributed by atoms with Gasteiger partial charge in [0.05, 0.1) is 19.2 Å². The van der Waals surface area contributed by atoms with Crippen molar-refractivity contribution >= 4 is 40.5 Å². The summed E-state index contributed by atoms with van der Waals surface area (Å²) in [6, 6.07) is 10.4. The molecular formula is C26H23N5O6. The number of anilines is 2. The van der Waals surface area contributed by atoms with E-state index in [2.05, 4.69) is 20.8 Å². The van der Waals surface area contributed by atoms with Gasteiger partial charge in [-0.05, 0) is 43.7 Å². The molecule has 0 spiro atoms. The number of benzene rings is 1. The van der Waals surface area contributed by atoms with Gasteiger partial charge in [0, 0.05) is 30.3 Å². The normalized spacial score (nSPS) is 19.0. The van der Waals surface area contributed by atoms with Crippen LogP contribution < -0.4 is 15.4 Å². The largest absolute Gasteiger partial charge is 0.497 e. The Labute approximate surface area is 210 Å². The molecule has 0 bridgehead atoms. The minimum atomic E-state index is -1.38. The number of fused-ring (bicyclic) bond motifs is 2. The summed E-state index contributed by atoms with van der Waals surface area (Å²) in [6.45, 7) is 4.01. The number of hydrogen-bond acceptors (Lipinski definition) is 9. The van der Waals surface area contributed by atoms with Crippen LogP contribution in [0.25, 0.3) is 11.1 Å². The molecule has 2 N–H and O–H groups in total. The van der Waals surface area contributed by atoms with Gasteiger partial charge in [0.1, 0.15) is 28.3 Å². The summed E-state index contributed by atoms with van der Waals surface area (Å²) < 4.78 is 16.6. The predicted molar refractivity (Wildman–Crippen MR) is 130 cm³/mol. The van der Waals surface area contributed by atoms with Crippen molar-refractivity contribution in [2.24, 2.45) is 0 Å². The molecule has 1 saturated heterocycles. The number of amides is 3. The number of carbonyl (C=O) groups excluding carboxylic acids is 3. The second-order valence-corrected chi connectivity index (χ2v) is 9.36. The summed E-state index contributed by atoms with van der Waals surface area (Å²) in [4.78, 5) is 44.9. The molecule has 4 aromatic rings. The molecule has 1 atom stereocenters. The number of nitrogens with zero attached hydrogens (tertiary/aromatic N) is 3. The highest BCUT2D eigenvalue weighted by molar-refractivity contribution is 6.10. The Balaban J connectivity index is 1.34. The molecule has 37 heavy (non-hydrogen) atoms. The van der Waals surface area contributed by atoms with Crippen LogP contribution in [-0.2, 0) is 21.5 Å². The fourth-order valence-corrected chi connectivity index (χ4v) is 4.85. The van der Waals surface area contributed by atoms with E-state index in [1.165, 1.54) is 7.11 Å². The van der Waals surface area contributed by atoms with Crippen molar-refractivity contribution in [3.05, 3.63) is 64.5 Å². The number of hydrogen-bond donors (Lipinski definition) is 2. The first-order chi connectivity index (χ1) is 17.8. The quantitative estimate of drug-likeness (QED) is 0.381. The van der Waals surface area contributed by atoms with Crippen molar-refractivity contribution in [3.8, 4) is 5.75 Å². The number of carbonyl (C=O) groups is 3. The minimum Gasteiger partial charge on any atom is -0.497 e. The van der Waals surface area contributed by atoms with Crippen LogP contribution in [-0.4, -0.2) is 46.4 Å². The summed E-state index contributed by atoms with van der Waals surface area (Å²) in [7, 11) is 1.53. The number of pyridine rings is 1. The Bertz CT molecular complexity index is 1600. The molecule has 5 heterocycles. The van der Waals surface area contributed by atoms with E-state index in [9.17, 15) is 14.4 Å². The highest BCUT2D eigenvalue weighted by Crippen LogP contribution is 2.39. The number of rotatable bonds is 6. The molecule has 0 aliphatic carbocycles. The second kappa shape index (κ2) is 8.19. The maximum absolute atomic E-state index is 13.2. The number of furan rings is 1. The average molecular weight is 501 g/mol. The Morgan fingerprint density at radius 2 is 2.00 bits per heavy atom. The van der Waals surface area contributed by atoms with E-state index >= 15 is 0 Å². The molecule has 0 saturated carbocycles. The molecule has 11 nitrogen and oxygen atoms in total.